The maximum atomic E-state index is 6.00. The molecule has 0 bridgehead atoms. The van der Waals surface area contributed by atoms with Gasteiger partial charge in [0.05, 0.1) is 12.7 Å². The monoisotopic (exact) mass is 218 g/mol. The van der Waals surface area contributed by atoms with Gasteiger partial charge in [-0.15, -0.1) is 0 Å². The van der Waals surface area contributed by atoms with E-state index < -0.39 is 0 Å². The smallest absolute Gasteiger partial charge is 0.0600 e. The van der Waals surface area contributed by atoms with Crippen LogP contribution in [0, 0.1) is 5.92 Å². The van der Waals surface area contributed by atoms with Crippen molar-refractivity contribution >= 4 is 0 Å². The minimum atomic E-state index is 0.512. The van der Waals surface area contributed by atoms with Crippen molar-refractivity contribution in [2.24, 2.45) is 5.92 Å². The number of hydrogen-bond acceptors (Lipinski definition) is 1. The van der Waals surface area contributed by atoms with Gasteiger partial charge in [-0.1, -0.05) is 50.1 Å². The van der Waals surface area contributed by atoms with Gasteiger partial charge in [0.2, 0.25) is 0 Å². The Labute approximate surface area is 98.8 Å². The van der Waals surface area contributed by atoms with Crippen molar-refractivity contribution in [3.05, 3.63) is 35.9 Å². The molecule has 88 valence electrons. The summed E-state index contributed by atoms with van der Waals surface area (Å²) < 4.78 is 6.00. The second kappa shape index (κ2) is 6.05. The van der Waals surface area contributed by atoms with Crippen molar-refractivity contribution in [2.45, 2.75) is 45.1 Å². The van der Waals surface area contributed by atoms with E-state index in [9.17, 15) is 0 Å². The first-order chi connectivity index (χ1) is 7.86. The van der Waals surface area contributed by atoms with Crippen molar-refractivity contribution in [3.63, 3.8) is 0 Å². The molecule has 1 saturated carbocycles. The normalized spacial score (nSPS) is 25.6. The highest BCUT2D eigenvalue weighted by atomic mass is 16.5. The first-order valence-corrected chi connectivity index (χ1v) is 6.52. The van der Waals surface area contributed by atoms with Crippen LogP contribution in [0.1, 0.15) is 38.2 Å². The molecule has 0 aromatic heterocycles. The molecule has 0 heterocycles. The van der Waals surface area contributed by atoms with Crippen molar-refractivity contribution in [1.29, 1.82) is 0 Å². The SMILES string of the molecule is C[C@@H]1CCCC[C@H]1OCCc1ccccc1. The summed E-state index contributed by atoms with van der Waals surface area (Å²) in [6, 6.07) is 10.6. The maximum Gasteiger partial charge on any atom is 0.0600 e. The molecule has 0 saturated heterocycles. The highest BCUT2D eigenvalue weighted by Gasteiger charge is 2.21. The molecule has 1 aliphatic rings. The molecule has 0 aliphatic heterocycles. The molecule has 1 heteroatoms. The van der Waals surface area contributed by atoms with Gasteiger partial charge in [0.25, 0.3) is 0 Å². The Morgan fingerprint density at radius 2 is 1.88 bits per heavy atom. The lowest BCUT2D eigenvalue weighted by Crippen LogP contribution is -2.26. The van der Waals surface area contributed by atoms with Gasteiger partial charge in [-0.3, -0.25) is 0 Å². The van der Waals surface area contributed by atoms with E-state index >= 15 is 0 Å². The first-order valence-electron chi connectivity index (χ1n) is 6.52. The van der Waals surface area contributed by atoms with Gasteiger partial charge in [0.1, 0.15) is 0 Å². The highest BCUT2D eigenvalue weighted by Crippen LogP contribution is 2.26. The van der Waals surface area contributed by atoms with Crippen LogP contribution in [0.3, 0.4) is 0 Å². The molecule has 2 rings (SSSR count). The minimum absolute atomic E-state index is 0.512. The van der Waals surface area contributed by atoms with Crippen LogP contribution in [0.2, 0.25) is 0 Å². The van der Waals surface area contributed by atoms with E-state index in [0.29, 0.717) is 6.10 Å². The van der Waals surface area contributed by atoms with Gasteiger partial charge in [0, 0.05) is 0 Å². The van der Waals surface area contributed by atoms with E-state index in [1.807, 2.05) is 0 Å². The zero-order valence-corrected chi connectivity index (χ0v) is 10.2. The molecule has 0 unspecified atom stereocenters. The molecule has 1 aromatic carbocycles. The van der Waals surface area contributed by atoms with Crippen LogP contribution >= 0.6 is 0 Å². The average molecular weight is 218 g/mol. The van der Waals surface area contributed by atoms with E-state index in [4.69, 9.17) is 4.74 Å². The molecule has 0 amide bonds. The van der Waals surface area contributed by atoms with E-state index in [0.717, 1.165) is 18.9 Å². The summed E-state index contributed by atoms with van der Waals surface area (Å²) in [6.45, 7) is 3.20. The largest absolute Gasteiger partial charge is 0.378 e. The lowest BCUT2D eigenvalue weighted by molar-refractivity contribution is -0.00333. The van der Waals surface area contributed by atoms with Crippen molar-refractivity contribution < 1.29 is 4.74 Å². The molecule has 1 nitrogen and oxygen atoms in total. The molecule has 2 atom stereocenters. The Balaban J connectivity index is 1.71. The Kier molecular flexibility index (Phi) is 4.41. The fourth-order valence-corrected chi connectivity index (χ4v) is 2.50. The zero-order valence-electron chi connectivity index (χ0n) is 10.2. The van der Waals surface area contributed by atoms with Crippen LogP contribution in [0.25, 0.3) is 0 Å². The van der Waals surface area contributed by atoms with Crippen LogP contribution in [0.5, 0.6) is 0 Å². The third-order valence-corrected chi connectivity index (χ3v) is 3.60. The predicted molar refractivity (Wildman–Crippen MR) is 67.5 cm³/mol. The molecule has 1 fully saturated rings. The van der Waals surface area contributed by atoms with Gasteiger partial charge < -0.3 is 4.74 Å². The lowest BCUT2D eigenvalue weighted by Gasteiger charge is -2.28. The van der Waals surface area contributed by atoms with Crippen LogP contribution in [-0.4, -0.2) is 12.7 Å². The molecule has 0 radical (unpaired) electrons. The predicted octanol–water partition coefficient (Wildman–Crippen LogP) is 3.82. The summed E-state index contributed by atoms with van der Waals surface area (Å²) >= 11 is 0. The lowest BCUT2D eigenvalue weighted by atomic mass is 9.88. The fourth-order valence-electron chi connectivity index (χ4n) is 2.50. The molecule has 0 N–H and O–H groups in total. The molecule has 1 aromatic rings. The Morgan fingerprint density at radius 1 is 1.12 bits per heavy atom. The molecule has 1 aliphatic carbocycles. The van der Waals surface area contributed by atoms with E-state index in [1.165, 1.54) is 31.2 Å². The Morgan fingerprint density at radius 3 is 2.62 bits per heavy atom. The third-order valence-electron chi connectivity index (χ3n) is 3.60. The summed E-state index contributed by atoms with van der Waals surface area (Å²) in [4.78, 5) is 0. The van der Waals surface area contributed by atoms with E-state index in [2.05, 4.69) is 37.3 Å². The molecule has 16 heavy (non-hydrogen) atoms. The van der Waals surface area contributed by atoms with Gasteiger partial charge in [-0.2, -0.15) is 0 Å². The summed E-state index contributed by atoms with van der Waals surface area (Å²) in [5.41, 5.74) is 1.38. The molecular weight excluding hydrogens is 196 g/mol. The number of hydrogen-bond donors (Lipinski definition) is 0. The van der Waals surface area contributed by atoms with Crippen LogP contribution in [0.15, 0.2) is 30.3 Å². The van der Waals surface area contributed by atoms with Crippen molar-refractivity contribution in [1.82, 2.24) is 0 Å². The second-order valence-electron chi connectivity index (χ2n) is 4.91. The zero-order chi connectivity index (χ0) is 11.2. The van der Waals surface area contributed by atoms with Gasteiger partial charge >= 0.3 is 0 Å². The minimum Gasteiger partial charge on any atom is -0.378 e. The summed E-state index contributed by atoms with van der Waals surface area (Å²) in [6.07, 6.45) is 6.90. The quantitative estimate of drug-likeness (QED) is 0.746. The molecular formula is C15H22O. The Hall–Kier alpha value is -0.820. The summed E-state index contributed by atoms with van der Waals surface area (Å²) in [5.74, 6) is 0.754. The van der Waals surface area contributed by atoms with E-state index in [1.54, 1.807) is 0 Å². The Bertz CT molecular complexity index is 294. The number of ether oxygens (including phenoxy) is 1. The van der Waals surface area contributed by atoms with Crippen molar-refractivity contribution in [3.8, 4) is 0 Å². The molecule has 0 spiro atoms. The number of benzene rings is 1. The second-order valence-corrected chi connectivity index (χ2v) is 4.91. The maximum absolute atomic E-state index is 6.00. The highest BCUT2D eigenvalue weighted by molar-refractivity contribution is 5.14. The van der Waals surface area contributed by atoms with Crippen LogP contribution < -0.4 is 0 Å². The van der Waals surface area contributed by atoms with E-state index in [-0.39, 0.29) is 0 Å². The average Bonchev–Trinajstić information content (AvgIpc) is 2.33. The van der Waals surface area contributed by atoms with Crippen LogP contribution in [0.4, 0.5) is 0 Å². The summed E-state index contributed by atoms with van der Waals surface area (Å²) in [7, 11) is 0. The standard InChI is InChI=1S/C15H22O/c1-13-7-5-6-10-15(13)16-12-11-14-8-3-2-4-9-14/h2-4,8-9,13,15H,5-7,10-12H2,1H3/t13-,15-/m1/s1. The van der Waals surface area contributed by atoms with Crippen molar-refractivity contribution in [2.75, 3.05) is 6.61 Å². The third kappa shape index (κ3) is 3.34. The topological polar surface area (TPSA) is 9.23 Å². The number of rotatable bonds is 4. The van der Waals surface area contributed by atoms with Gasteiger partial charge in [-0.25, -0.2) is 0 Å². The summed E-state index contributed by atoms with van der Waals surface area (Å²) in [5, 5.41) is 0. The fraction of sp³-hybridized carbons (Fsp3) is 0.600. The van der Waals surface area contributed by atoms with Gasteiger partial charge in [0.15, 0.2) is 0 Å². The first kappa shape index (κ1) is 11.7. The van der Waals surface area contributed by atoms with Gasteiger partial charge in [-0.05, 0) is 30.7 Å². The van der Waals surface area contributed by atoms with Crippen LogP contribution in [-0.2, 0) is 11.2 Å².